The van der Waals surface area contributed by atoms with Gasteiger partial charge in [0.2, 0.25) is 0 Å². The first-order valence-corrected chi connectivity index (χ1v) is 5.93. The maximum Gasteiger partial charge on any atom is 0.311 e. The third kappa shape index (κ3) is 2.43. The molecule has 0 spiro atoms. The van der Waals surface area contributed by atoms with Crippen LogP contribution in [0.3, 0.4) is 0 Å². The second kappa shape index (κ2) is 5.05. The predicted molar refractivity (Wildman–Crippen MR) is 65.2 cm³/mol. The van der Waals surface area contributed by atoms with E-state index in [4.69, 9.17) is 10.00 Å². The van der Waals surface area contributed by atoms with Crippen molar-refractivity contribution in [1.82, 2.24) is 0 Å². The fourth-order valence-electron chi connectivity index (χ4n) is 2.25. The first-order valence-electron chi connectivity index (χ1n) is 5.93. The molecule has 2 atom stereocenters. The molecule has 5 nitrogen and oxygen atoms in total. The highest BCUT2D eigenvalue weighted by molar-refractivity contribution is 5.48. The first-order chi connectivity index (χ1) is 8.61. The molecule has 1 aromatic carbocycles. The first kappa shape index (κ1) is 12.4. The van der Waals surface area contributed by atoms with Crippen molar-refractivity contribution in [3.63, 3.8) is 0 Å². The van der Waals surface area contributed by atoms with Gasteiger partial charge in [0.1, 0.15) is 6.10 Å². The Kier molecular flexibility index (Phi) is 3.47. The number of aryl methyl sites for hydroxylation is 1. The molecule has 0 N–H and O–H groups in total. The summed E-state index contributed by atoms with van der Waals surface area (Å²) in [5, 5.41) is 19.9. The van der Waals surface area contributed by atoms with E-state index in [1.54, 1.807) is 19.1 Å². The lowest BCUT2D eigenvalue weighted by atomic mass is 10.1. The van der Waals surface area contributed by atoms with E-state index in [0.29, 0.717) is 0 Å². The SMILES string of the molecule is Cc1ccc(OC2CCCC2C#N)c([N+](=O)[O-])c1. The number of nitriles is 1. The molecule has 1 fully saturated rings. The Bertz CT molecular complexity index is 507. The Morgan fingerprint density at radius 1 is 1.50 bits per heavy atom. The lowest BCUT2D eigenvalue weighted by molar-refractivity contribution is -0.386. The van der Waals surface area contributed by atoms with Crippen LogP contribution in [0.15, 0.2) is 18.2 Å². The van der Waals surface area contributed by atoms with Crippen LogP contribution in [0.5, 0.6) is 5.75 Å². The fourth-order valence-corrected chi connectivity index (χ4v) is 2.25. The van der Waals surface area contributed by atoms with Gasteiger partial charge in [0.25, 0.3) is 0 Å². The molecule has 18 heavy (non-hydrogen) atoms. The minimum absolute atomic E-state index is 0.0291. The van der Waals surface area contributed by atoms with Gasteiger partial charge < -0.3 is 4.74 Å². The zero-order chi connectivity index (χ0) is 13.1. The summed E-state index contributed by atoms with van der Waals surface area (Å²) in [7, 11) is 0. The Labute approximate surface area is 105 Å². The highest BCUT2D eigenvalue weighted by atomic mass is 16.6. The number of nitro benzene ring substituents is 1. The van der Waals surface area contributed by atoms with Crippen LogP contribution in [0, 0.1) is 34.3 Å². The fraction of sp³-hybridized carbons (Fsp3) is 0.462. The molecule has 0 radical (unpaired) electrons. The summed E-state index contributed by atoms with van der Waals surface area (Å²) >= 11 is 0. The molecule has 0 amide bonds. The minimum atomic E-state index is -0.446. The molecule has 2 rings (SSSR count). The number of rotatable bonds is 3. The van der Waals surface area contributed by atoms with Gasteiger partial charge >= 0.3 is 5.69 Å². The zero-order valence-corrected chi connectivity index (χ0v) is 10.1. The van der Waals surface area contributed by atoms with Crippen LogP contribution in [0.25, 0.3) is 0 Å². The molecule has 0 heterocycles. The number of hydrogen-bond acceptors (Lipinski definition) is 4. The highest BCUT2D eigenvalue weighted by Gasteiger charge is 2.30. The highest BCUT2D eigenvalue weighted by Crippen LogP contribution is 2.34. The standard InChI is InChI=1S/C13H14N2O3/c1-9-5-6-13(11(7-9)15(16)17)18-12-4-2-3-10(12)8-14/h5-7,10,12H,2-4H2,1H3. The summed E-state index contributed by atoms with van der Waals surface area (Å²) in [6.07, 6.45) is 2.29. The number of nitro groups is 1. The van der Waals surface area contributed by atoms with Gasteiger partial charge in [-0.25, -0.2) is 0 Å². The van der Waals surface area contributed by atoms with E-state index in [-0.39, 0.29) is 23.5 Å². The van der Waals surface area contributed by atoms with Gasteiger partial charge in [0.15, 0.2) is 5.75 Å². The van der Waals surface area contributed by atoms with E-state index in [2.05, 4.69) is 6.07 Å². The topological polar surface area (TPSA) is 76.2 Å². The molecule has 0 saturated heterocycles. The van der Waals surface area contributed by atoms with E-state index < -0.39 is 4.92 Å². The third-order valence-corrected chi connectivity index (χ3v) is 3.21. The predicted octanol–water partition coefficient (Wildman–Crippen LogP) is 2.97. The van der Waals surface area contributed by atoms with Crippen LogP contribution in [0.2, 0.25) is 0 Å². The summed E-state index contributed by atoms with van der Waals surface area (Å²) in [4.78, 5) is 10.5. The normalized spacial score (nSPS) is 22.4. The molecule has 1 saturated carbocycles. The maximum atomic E-state index is 11.0. The summed E-state index contributed by atoms with van der Waals surface area (Å²) in [5.41, 5.74) is 0.788. The van der Waals surface area contributed by atoms with Crippen molar-refractivity contribution in [3.05, 3.63) is 33.9 Å². The molecule has 94 valence electrons. The van der Waals surface area contributed by atoms with Crippen LogP contribution in [-0.2, 0) is 0 Å². The number of hydrogen-bond donors (Lipinski definition) is 0. The monoisotopic (exact) mass is 246 g/mol. The minimum Gasteiger partial charge on any atom is -0.482 e. The maximum absolute atomic E-state index is 11.0. The van der Waals surface area contributed by atoms with Crippen molar-refractivity contribution in [2.75, 3.05) is 0 Å². The summed E-state index contributed by atoms with van der Waals surface area (Å²) in [6.45, 7) is 1.80. The molecule has 0 aliphatic heterocycles. The van der Waals surface area contributed by atoms with Gasteiger partial charge in [-0.3, -0.25) is 10.1 Å². The lowest BCUT2D eigenvalue weighted by Crippen LogP contribution is -2.20. The molecule has 2 unspecified atom stereocenters. The largest absolute Gasteiger partial charge is 0.482 e. The summed E-state index contributed by atoms with van der Waals surface area (Å²) in [5.74, 6) is 0.101. The summed E-state index contributed by atoms with van der Waals surface area (Å²) < 4.78 is 5.66. The van der Waals surface area contributed by atoms with Crippen molar-refractivity contribution in [3.8, 4) is 11.8 Å². The Hall–Kier alpha value is -2.09. The van der Waals surface area contributed by atoms with Gasteiger partial charge in [-0.05, 0) is 37.8 Å². The van der Waals surface area contributed by atoms with Gasteiger partial charge in [0.05, 0.1) is 16.9 Å². The smallest absolute Gasteiger partial charge is 0.311 e. The average Bonchev–Trinajstić information content (AvgIpc) is 2.78. The van der Waals surface area contributed by atoms with Crippen LogP contribution in [0.4, 0.5) is 5.69 Å². The van der Waals surface area contributed by atoms with Gasteiger partial charge in [-0.2, -0.15) is 5.26 Å². The zero-order valence-electron chi connectivity index (χ0n) is 10.1. The molecule has 0 bridgehead atoms. The van der Waals surface area contributed by atoms with Gasteiger partial charge in [-0.1, -0.05) is 6.07 Å². The van der Waals surface area contributed by atoms with E-state index in [1.165, 1.54) is 6.07 Å². The Morgan fingerprint density at radius 2 is 2.28 bits per heavy atom. The van der Waals surface area contributed by atoms with Gasteiger partial charge in [-0.15, -0.1) is 0 Å². The molecule has 1 aromatic rings. The third-order valence-electron chi connectivity index (χ3n) is 3.21. The number of nitrogens with zero attached hydrogens (tertiary/aromatic N) is 2. The Morgan fingerprint density at radius 3 is 2.94 bits per heavy atom. The van der Waals surface area contributed by atoms with E-state index in [9.17, 15) is 10.1 Å². The van der Waals surface area contributed by atoms with Crippen molar-refractivity contribution in [2.45, 2.75) is 32.3 Å². The van der Waals surface area contributed by atoms with Crippen molar-refractivity contribution in [2.24, 2.45) is 5.92 Å². The molecular formula is C13H14N2O3. The van der Waals surface area contributed by atoms with Crippen molar-refractivity contribution >= 4 is 5.69 Å². The van der Waals surface area contributed by atoms with Gasteiger partial charge in [0, 0.05) is 6.07 Å². The van der Waals surface area contributed by atoms with Crippen LogP contribution >= 0.6 is 0 Å². The number of ether oxygens (including phenoxy) is 1. The molecule has 1 aliphatic carbocycles. The van der Waals surface area contributed by atoms with E-state index >= 15 is 0 Å². The lowest BCUT2D eigenvalue weighted by Gasteiger charge is -2.16. The quantitative estimate of drug-likeness (QED) is 0.606. The molecule has 0 aromatic heterocycles. The van der Waals surface area contributed by atoms with Crippen LogP contribution in [0.1, 0.15) is 24.8 Å². The second-order valence-electron chi connectivity index (χ2n) is 4.55. The molecule has 1 aliphatic rings. The van der Waals surface area contributed by atoms with Crippen molar-refractivity contribution in [1.29, 1.82) is 5.26 Å². The Balaban J connectivity index is 2.24. The second-order valence-corrected chi connectivity index (χ2v) is 4.55. The average molecular weight is 246 g/mol. The number of benzene rings is 1. The van der Waals surface area contributed by atoms with Crippen LogP contribution in [-0.4, -0.2) is 11.0 Å². The van der Waals surface area contributed by atoms with Crippen molar-refractivity contribution < 1.29 is 9.66 Å². The molecule has 5 heteroatoms. The van der Waals surface area contributed by atoms with Crippen LogP contribution < -0.4 is 4.74 Å². The summed E-state index contributed by atoms with van der Waals surface area (Å²) in [6, 6.07) is 7.08. The van der Waals surface area contributed by atoms with E-state index in [0.717, 1.165) is 24.8 Å². The van der Waals surface area contributed by atoms with E-state index in [1.807, 2.05) is 0 Å². The molecular weight excluding hydrogens is 232 g/mol.